The van der Waals surface area contributed by atoms with Gasteiger partial charge in [-0.25, -0.2) is 14.0 Å². The highest BCUT2D eigenvalue weighted by atomic mass is 19.1. The fourth-order valence-corrected chi connectivity index (χ4v) is 1.83. The number of benzene rings is 1. The van der Waals surface area contributed by atoms with E-state index in [2.05, 4.69) is 5.32 Å². The number of nitrogens with zero attached hydrogens (tertiary/aromatic N) is 2. The van der Waals surface area contributed by atoms with Crippen molar-refractivity contribution in [3.05, 3.63) is 35.6 Å². The van der Waals surface area contributed by atoms with Crippen molar-refractivity contribution in [2.45, 2.75) is 32.9 Å². The minimum atomic E-state index is -0.552. The summed E-state index contributed by atoms with van der Waals surface area (Å²) >= 11 is 0. The van der Waals surface area contributed by atoms with Crippen molar-refractivity contribution in [1.82, 2.24) is 15.1 Å². The molecule has 134 valence electrons. The molecule has 0 saturated carbocycles. The van der Waals surface area contributed by atoms with E-state index in [4.69, 9.17) is 4.74 Å². The molecule has 1 aromatic carbocycles. The summed E-state index contributed by atoms with van der Waals surface area (Å²) < 4.78 is 18.1. The molecule has 0 aliphatic rings. The fourth-order valence-electron chi connectivity index (χ4n) is 1.83. The van der Waals surface area contributed by atoms with Gasteiger partial charge in [0.1, 0.15) is 11.4 Å². The van der Waals surface area contributed by atoms with E-state index in [1.165, 1.54) is 21.9 Å². The summed E-state index contributed by atoms with van der Waals surface area (Å²) in [4.78, 5) is 26.7. The standard InChI is InChI=1S/C17H26FN3O3/c1-17(2,3)24-16(23)20(4)11-10-19-15(22)21(5)12-13-6-8-14(18)9-7-13/h6-9H,10-12H2,1-5H3,(H,19,22). The quantitative estimate of drug-likeness (QED) is 0.897. The Morgan fingerprint density at radius 1 is 1.12 bits per heavy atom. The van der Waals surface area contributed by atoms with Crippen LogP contribution in [0.3, 0.4) is 0 Å². The summed E-state index contributed by atoms with van der Waals surface area (Å²) in [7, 11) is 3.26. The Kier molecular flexibility index (Phi) is 7.00. The second-order valence-corrected chi connectivity index (χ2v) is 6.62. The first-order valence-corrected chi connectivity index (χ1v) is 7.76. The average molecular weight is 339 g/mol. The largest absolute Gasteiger partial charge is 0.444 e. The van der Waals surface area contributed by atoms with Gasteiger partial charge in [-0.05, 0) is 38.5 Å². The average Bonchev–Trinajstić information content (AvgIpc) is 2.47. The molecule has 6 nitrogen and oxygen atoms in total. The van der Waals surface area contributed by atoms with Crippen LogP contribution in [0.5, 0.6) is 0 Å². The van der Waals surface area contributed by atoms with Gasteiger partial charge >= 0.3 is 12.1 Å². The van der Waals surface area contributed by atoms with Gasteiger partial charge in [0.05, 0.1) is 0 Å². The number of amides is 3. The molecule has 0 bridgehead atoms. The summed E-state index contributed by atoms with van der Waals surface area (Å²) in [5.74, 6) is -0.309. The second kappa shape index (κ2) is 8.52. The Balaban J connectivity index is 2.34. The van der Waals surface area contributed by atoms with Crippen LogP contribution in [0, 0.1) is 5.82 Å². The molecule has 0 spiro atoms. The lowest BCUT2D eigenvalue weighted by Gasteiger charge is -2.25. The normalized spacial score (nSPS) is 10.9. The van der Waals surface area contributed by atoms with E-state index in [-0.39, 0.29) is 11.8 Å². The lowest BCUT2D eigenvalue weighted by Crippen LogP contribution is -2.42. The number of carbonyl (C=O) groups is 2. The maximum absolute atomic E-state index is 12.9. The molecular weight excluding hydrogens is 313 g/mol. The van der Waals surface area contributed by atoms with E-state index in [0.29, 0.717) is 19.6 Å². The number of ether oxygens (including phenoxy) is 1. The third-order valence-corrected chi connectivity index (χ3v) is 3.11. The van der Waals surface area contributed by atoms with Gasteiger partial charge in [0, 0.05) is 33.7 Å². The Labute approximate surface area is 142 Å². The number of hydrogen-bond acceptors (Lipinski definition) is 3. The highest BCUT2D eigenvalue weighted by Crippen LogP contribution is 2.09. The van der Waals surface area contributed by atoms with Crippen LogP contribution >= 0.6 is 0 Å². The van der Waals surface area contributed by atoms with E-state index in [1.807, 2.05) is 0 Å². The fraction of sp³-hybridized carbons (Fsp3) is 0.529. The molecule has 24 heavy (non-hydrogen) atoms. The Hall–Kier alpha value is -2.31. The van der Waals surface area contributed by atoms with Crippen molar-refractivity contribution in [2.75, 3.05) is 27.2 Å². The maximum atomic E-state index is 12.9. The number of hydrogen-bond donors (Lipinski definition) is 1. The maximum Gasteiger partial charge on any atom is 0.410 e. The van der Waals surface area contributed by atoms with Crippen molar-refractivity contribution < 1.29 is 18.7 Å². The van der Waals surface area contributed by atoms with Crippen LogP contribution in [0.4, 0.5) is 14.0 Å². The minimum absolute atomic E-state index is 0.267. The van der Waals surface area contributed by atoms with Gasteiger partial charge in [-0.3, -0.25) is 0 Å². The van der Waals surface area contributed by atoms with E-state index in [9.17, 15) is 14.0 Å². The highest BCUT2D eigenvalue weighted by Gasteiger charge is 2.19. The van der Waals surface area contributed by atoms with Gasteiger partial charge in [-0.15, -0.1) is 0 Å². The first-order valence-electron chi connectivity index (χ1n) is 7.76. The molecule has 0 aromatic heterocycles. The molecule has 0 heterocycles. The summed E-state index contributed by atoms with van der Waals surface area (Å²) in [5, 5.41) is 2.73. The molecular formula is C17H26FN3O3. The number of nitrogens with one attached hydrogen (secondary N) is 1. The Morgan fingerprint density at radius 3 is 2.25 bits per heavy atom. The second-order valence-electron chi connectivity index (χ2n) is 6.62. The van der Waals surface area contributed by atoms with E-state index < -0.39 is 11.7 Å². The summed E-state index contributed by atoms with van der Waals surface area (Å²) in [6.45, 7) is 6.40. The van der Waals surface area contributed by atoms with Crippen molar-refractivity contribution in [3.8, 4) is 0 Å². The van der Waals surface area contributed by atoms with Crippen molar-refractivity contribution in [2.24, 2.45) is 0 Å². The van der Waals surface area contributed by atoms with Crippen molar-refractivity contribution >= 4 is 12.1 Å². The predicted octanol–water partition coefficient (Wildman–Crippen LogP) is 2.83. The Bertz CT molecular complexity index is 555. The zero-order valence-corrected chi connectivity index (χ0v) is 14.9. The zero-order valence-electron chi connectivity index (χ0n) is 14.9. The summed E-state index contributed by atoms with van der Waals surface area (Å²) in [6.07, 6.45) is -0.434. The molecule has 1 rings (SSSR count). The lowest BCUT2D eigenvalue weighted by molar-refractivity contribution is 0.0300. The number of likely N-dealkylation sites (N-methyl/N-ethyl adjacent to an activating group) is 1. The molecule has 0 radical (unpaired) electrons. The summed E-state index contributed by atoms with van der Waals surface area (Å²) in [5.41, 5.74) is 0.282. The molecule has 0 fully saturated rings. The van der Waals surface area contributed by atoms with Gasteiger partial charge in [-0.2, -0.15) is 0 Å². The molecule has 0 aliphatic heterocycles. The third-order valence-electron chi connectivity index (χ3n) is 3.11. The van der Waals surface area contributed by atoms with E-state index in [0.717, 1.165) is 5.56 Å². The molecule has 0 aliphatic carbocycles. The van der Waals surface area contributed by atoms with Crippen LogP contribution < -0.4 is 5.32 Å². The number of urea groups is 1. The van der Waals surface area contributed by atoms with Crippen LogP contribution in [0.2, 0.25) is 0 Å². The molecule has 7 heteroatoms. The number of halogens is 1. The van der Waals surface area contributed by atoms with Gasteiger partial charge in [-0.1, -0.05) is 12.1 Å². The van der Waals surface area contributed by atoms with Gasteiger partial charge in [0.2, 0.25) is 0 Å². The SMILES string of the molecule is CN(Cc1ccc(F)cc1)C(=O)NCCN(C)C(=O)OC(C)(C)C. The van der Waals surface area contributed by atoms with Crippen LogP contribution in [0.25, 0.3) is 0 Å². The van der Waals surface area contributed by atoms with Gasteiger partial charge in [0.25, 0.3) is 0 Å². The molecule has 1 aromatic rings. The number of carbonyl (C=O) groups excluding carboxylic acids is 2. The summed E-state index contributed by atoms with van der Waals surface area (Å²) in [6, 6.07) is 5.72. The van der Waals surface area contributed by atoms with Crippen LogP contribution in [-0.2, 0) is 11.3 Å². The minimum Gasteiger partial charge on any atom is -0.444 e. The molecule has 0 saturated heterocycles. The van der Waals surface area contributed by atoms with Crippen molar-refractivity contribution in [1.29, 1.82) is 0 Å². The van der Waals surface area contributed by atoms with Crippen LogP contribution in [-0.4, -0.2) is 54.7 Å². The Morgan fingerprint density at radius 2 is 1.71 bits per heavy atom. The third kappa shape index (κ3) is 7.30. The van der Waals surface area contributed by atoms with Gasteiger partial charge < -0.3 is 19.9 Å². The first kappa shape index (κ1) is 19.7. The molecule has 3 amide bonds. The predicted molar refractivity (Wildman–Crippen MR) is 90.1 cm³/mol. The number of rotatable bonds is 5. The smallest absolute Gasteiger partial charge is 0.410 e. The van der Waals surface area contributed by atoms with Crippen LogP contribution in [0.15, 0.2) is 24.3 Å². The lowest BCUT2D eigenvalue weighted by atomic mass is 10.2. The van der Waals surface area contributed by atoms with Crippen LogP contribution in [0.1, 0.15) is 26.3 Å². The zero-order chi connectivity index (χ0) is 18.3. The monoisotopic (exact) mass is 339 g/mol. The molecule has 1 N–H and O–H groups in total. The molecule has 0 atom stereocenters. The topological polar surface area (TPSA) is 61.9 Å². The van der Waals surface area contributed by atoms with E-state index >= 15 is 0 Å². The van der Waals surface area contributed by atoms with Crippen molar-refractivity contribution in [3.63, 3.8) is 0 Å². The van der Waals surface area contributed by atoms with E-state index in [1.54, 1.807) is 47.0 Å². The van der Waals surface area contributed by atoms with Gasteiger partial charge in [0.15, 0.2) is 0 Å². The first-order chi connectivity index (χ1) is 11.1. The molecule has 0 unspecified atom stereocenters. The highest BCUT2D eigenvalue weighted by molar-refractivity contribution is 5.74.